The lowest BCUT2D eigenvalue weighted by Crippen LogP contribution is -2.51. The van der Waals surface area contributed by atoms with Crippen molar-refractivity contribution < 1.29 is 31.8 Å². The van der Waals surface area contributed by atoms with Gasteiger partial charge in [-0.15, -0.1) is 0 Å². The van der Waals surface area contributed by atoms with E-state index in [0.29, 0.717) is 24.1 Å². The molecule has 1 aromatic carbocycles. The highest BCUT2D eigenvalue weighted by Crippen LogP contribution is 2.30. The molecule has 2 atom stereocenters. The molecule has 12 heteroatoms. The number of amidine groups is 1. The summed E-state index contributed by atoms with van der Waals surface area (Å²) in [7, 11) is 0. The fourth-order valence-corrected chi connectivity index (χ4v) is 3.73. The molecule has 0 aliphatic heterocycles. The quantitative estimate of drug-likeness (QED) is 0.183. The highest BCUT2D eigenvalue weighted by atomic mass is 19.4. The SMILES string of the molecule is CC(NC(=O)C(C)(C)Oc1ccc(C(F)(F)F)cn1)C(Cc1ccc(F)cn1)c1cccc(OCC(=N)N)c1. The summed E-state index contributed by atoms with van der Waals surface area (Å²) < 4.78 is 63.1. The van der Waals surface area contributed by atoms with Crippen LogP contribution in [0.4, 0.5) is 17.6 Å². The first kappa shape index (κ1) is 29.3. The maximum atomic E-state index is 13.4. The van der Waals surface area contributed by atoms with Crippen molar-refractivity contribution in [1.82, 2.24) is 15.3 Å². The van der Waals surface area contributed by atoms with E-state index >= 15 is 0 Å². The van der Waals surface area contributed by atoms with Crippen molar-refractivity contribution in [3.63, 3.8) is 0 Å². The van der Waals surface area contributed by atoms with Gasteiger partial charge in [-0.1, -0.05) is 12.1 Å². The largest absolute Gasteiger partial charge is 0.486 e. The number of ether oxygens (including phenoxy) is 2. The number of carbonyl (C=O) groups excluding carboxylic acids is 1. The van der Waals surface area contributed by atoms with Gasteiger partial charge in [-0.3, -0.25) is 15.2 Å². The summed E-state index contributed by atoms with van der Waals surface area (Å²) in [5.74, 6) is -1.18. The van der Waals surface area contributed by atoms with E-state index in [0.717, 1.165) is 23.9 Å². The van der Waals surface area contributed by atoms with E-state index in [9.17, 15) is 22.4 Å². The third kappa shape index (κ3) is 8.39. The summed E-state index contributed by atoms with van der Waals surface area (Å²) in [6, 6.07) is 11.3. The third-order valence-corrected chi connectivity index (χ3v) is 5.83. The number of pyridine rings is 2. The van der Waals surface area contributed by atoms with E-state index in [-0.39, 0.29) is 24.2 Å². The molecule has 0 spiro atoms. The van der Waals surface area contributed by atoms with E-state index in [4.69, 9.17) is 20.6 Å². The van der Waals surface area contributed by atoms with Crippen LogP contribution in [-0.2, 0) is 17.4 Å². The van der Waals surface area contributed by atoms with Crippen LogP contribution in [0.2, 0.25) is 0 Å². The van der Waals surface area contributed by atoms with Crippen molar-refractivity contribution in [2.75, 3.05) is 6.61 Å². The molecule has 0 bridgehead atoms. The van der Waals surface area contributed by atoms with Crippen molar-refractivity contribution in [2.24, 2.45) is 5.73 Å². The van der Waals surface area contributed by atoms with Gasteiger partial charge < -0.3 is 20.5 Å². The Bertz CT molecular complexity index is 1280. The molecule has 0 aliphatic rings. The Morgan fingerprint density at radius 1 is 1.10 bits per heavy atom. The summed E-state index contributed by atoms with van der Waals surface area (Å²) >= 11 is 0. The van der Waals surface area contributed by atoms with Crippen molar-refractivity contribution >= 4 is 11.7 Å². The van der Waals surface area contributed by atoms with Crippen LogP contribution in [0.3, 0.4) is 0 Å². The average Bonchev–Trinajstić information content (AvgIpc) is 2.86. The number of halogens is 4. The fourth-order valence-electron chi connectivity index (χ4n) is 3.73. The number of amides is 1. The zero-order valence-electron chi connectivity index (χ0n) is 21.6. The molecule has 0 fully saturated rings. The van der Waals surface area contributed by atoms with Crippen molar-refractivity contribution in [1.29, 1.82) is 5.41 Å². The number of rotatable bonds is 11. The second-order valence-electron chi connectivity index (χ2n) is 9.42. The predicted molar refractivity (Wildman–Crippen MR) is 136 cm³/mol. The number of hydrogen-bond donors (Lipinski definition) is 3. The van der Waals surface area contributed by atoms with Gasteiger partial charge in [-0.2, -0.15) is 13.2 Å². The summed E-state index contributed by atoms with van der Waals surface area (Å²) in [5, 5.41) is 10.3. The van der Waals surface area contributed by atoms with Gasteiger partial charge in [0.2, 0.25) is 5.88 Å². The smallest absolute Gasteiger partial charge is 0.417 e. The molecular formula is C27H29F4N5O3. The number of carbonyl (C=O) groups is 1. The van der Waals surface area contributed by atoms with Gasteiger partial charge in [0.25, 0.3) is 5.91 Å². The summed E-state index contributed by atoms with van der Waals surface area (Å²) in [6.07, 6.45) is -2.47. The number of benzene rings is 1. The highest BCUT2D eigenvalue weighted by molar-refractivity contribution is 5.85. The average molecular weight is 548 g/mol. The first-order valence-electron chi connectivity index (χ1n) is 11.9. The minimum Gasteiger partial charge on any atom is -0.486 e. The van der Waals surface area contributed by atoms with Crippen molar-refractivity contribution in [3.05, 3.63) is 83.6 Å². The Morgan fingerprint density at radius 2 is 1.85 bits per heavy atom. The Kier molecular flexibility index (Phi) is 9.10. The molecule has 0 aliphatic carbocycles. The lowest BCUT2D eigenvalue weighted by molar-refractivity contribution is -0.138. The maximum absolute atomic E-state index is 13.4. The zero-order chi connectivity index (χ0) is 28.8. The lowest BCUT2D eigenvalue weighted by atomic mass is 9.87. The number of nitrogens with one attached hydrogen (secondary N) is 2. The summed E-state index contributed by atoms with van der Waals surface area (Å²) in [4.78, 5) is 21.0. The number of nitrogens with two attached hydrogens (primary N) is 1. The van der Waals surface area contributed by atoms with Crippen molar-refractivity contribution in [2.45, 2.75) is 50.9 Å². The molecule has 2 aromatic heterocycles. The molecule has 0 saturated heterocycles. The molecular weight excluding hydrogens is 518 g/mol. The van der Waals surface area contributed by atoms with Crippen LogP contribution in [0.15, 0.2) is 60.9 Å². The van der Waals surface area contributed by atoms with Gasteiger partial charge in [0, 0.05) is 29.9 Å². The molecule has 3 rings (SSSR count). The van der Waals surface area contributed by atoms with E-state index in [1.54, 1.807) is 31.2 Å². The Morgan fingerprint density at radius 3 is 2.44 bits per heavy atom. The minimum atomic E-state index is -4.54. The standard InChI is InChI=1S/C27H29F4N5O3/c1-16(36-25(37)26(2,3)39-24-10-7-18(13-35-24)27(29,30)31)22(12-20-9-8-19(28)14-34-20)17-5-4-6-21(11-17)38-15-23(32)33/h4-11,13-14,16,22H,12,15H2,1-3H3,(H3,32,33)(H,36,37). The summed E-state index contributed by atoms with van der Waals surface area (Å²) in [6.45, 7) is 4.63. The van der Waals surface area contributed by atoms with Crippen LogP contribution < -0.4 is 20.5 Å². The number of alkyl halides is 3. The first-order valence-corrected chi connectivity index (χ1v) is 11.9. The minimum absolute atomic E-state index is 0.0938. The van der Waals surface area contributed by atoms with Gasteiger partial charge in [-0.25, -0.2) is 9.37 Å². The number of hydrogen-bond acceptors (Lipinski definition) is 6. The third-order valence-electron chi connectivity index (χ3n) is 5.83. The second kappa shape index (κ2) is 12.1. The number of aromatic nitrogens is 2. The molecule has 4 N–H and O–H groups in total. The topological polar surface area (TPSA) is 123 Å². The Balaban J connectivity index is 1.80. The Labute approximate surface area is 223 Å². The molecule has 208 valence electrons. The molecule has 3 aromatic rings. The van der Waals surface area contributed by atoms with Gasteiger partial charge >= 0.3 is 6.18 Å². The van der Waals surface area contributed by atoms with Crippen LogP contribution in [0.1, 0.15) is 43.5 Å². The van der Waals surface area contributed by atoms with Crippen LogP contribution in [0.25, 0.3) is 0 Å². The molecule has 2 unspecified atom stereocenters. The molecule has 0 saturated carbocycles. The molecule has 39 heavy (non-hydrogen) atoms. The van der Waals surface area contributed by atoms with Crippen LogP contribution in [0.5, 0.6) is 11.6 Å². The van der Waals surface area contributed by atoms with Crippen LogP contribution in [-0.4, -0.2) is 40.0 Å². The van der Waals surface area contributed by atoms with E-state index in [2.05, 4.69) is 15.3 Å². The van der Waals surface area contributed by atoms with Gasteiger partial charge in [0.05, 0.1) is 11.8 Å². The zero-order valence-corrected chi connectivity index (χ0v) is 21.6. The number of nitrogens with zero attached hydrogens (tertiary/aromatic N) is 2. The maximum Gasteiger partial charge on any atom is 0.417 e. The van der Waals surface area contributed by atoms with Gasteiger partial charge in [0.15, 0.2) is 5.60 Å². The van der Waals surface area contributed by atoms with E-state index in [1.165, 1.54) is 19.9 Å². The molecule has 0 radical (unpaired) electrons. The first-order chi connectivity index (χ1) is 18.2. The fraction of sp³-hybridized carbons (Fsp3) is 0.333. The van der Waals surface area contributed by atoms with E-state index < -0.39 is 35.1 Å². The lowest BCUT2D eigenvalue weighted by Gasteiger charge is -2.30. The van der Waals surface area contributed by atoms with Gasteiger partial charge in [-0.05, 0) is 63.1 Å². The molecule has 8 nitrogen and oxygen atoms in total. The van der Waals surface area contributed by atoms with Crippen LogP contribution in [0, 0.1) is 11.2 Å². The van der Waals surface area contributed by atoms with Gasteiger partial charge in [0.1, 0.15) is 24.0 Å². The Hall–Kier alpha value is -4.22. The van der Waals surface area contributed by atoms with Crippen molar-refractivity contribution in [3.8, 4) is 11.6 Å². The highest BCUT2D eigenvalue weighted by Gasteiger charge is 2.35. The predicted octanol–water partition coefficient (Wildman–Crippen LogP) is 4.64. The van der Waals surface area contributed by atoms with E-state index in [1.807, 2.05) is 6.07 Å². The molecule has 1 amide bonds. The molecule has 2 heterocycles. The second-order valence-corrected chi connectivity index (χ2v) is 9.42. The summed E-state index contributed by atoms with van der Waals surface area (Å²) in [5.41, 5.74) is 4.33. The monoisotopic (exact) mass is 547 g/mol. The van der Waals surface area contributed by atoms with Crippen LogP contribution >= 0.6 is 0 Å². The normalized spacial score (nSPS) is 13.3.